The van der Waals surface area contributed by atoms with Crippen LogP contribution in [0.15, 0.2) is 60.0 Å². The lowest BCUT2D eigenvalue weighted by Crippen LogP contribution is -2.37. The van der Waals surface area contributed by atoms with E-state index >= 15 is 0 Å². The quantitative estimate of drug-likeness (QED) is 0.512. The van der Waals surface area contributed by atoms with Crippen LogP contribution >= 0.6 is 0 Å². The predicted octanol–water partition coefficient (Wildman–Crippen LogP) is 1.43. The normalized spacial score (nSPS) is 22.7. The highest BCUT2D eigenvalue weighted by Crippen LogP contribution is 2.35. The van der Waals surface area contributed by atoms with E-state index in [2.05, 4.69) is 17.2 Å². The van der Waals surface area contributed by atoms with Gasteiger partial charge in [-0.15, -0.1) is 0 Å². The molecule has 0 aliphatic carbocycles. The summed E-state index contributed by atoms with van der Waals surface area (Å²) in [7, 11) is -3.73. The topological polar surface area (TPSA) is 123 Å². The van der Waals surface area contributed by atoms with Gasteiger partial charge in [0, 0.05) is 31.1 Å². The van der Waals surface area contributed by atoms with E-state index in [0.29, 0.717) is 43.0 Å². The number of rotatable bonds is 8. The largest absolute Gasteiger partial charge is 0.454 e. The third-order valence-corrected chi connectivity index (χ3v) is 8.43. The molecule has 3 aliphatic heterocycles. The zero-order chi connectivity index (χ0) is 25.3. The summed E-state index contributed by atoms with van der Waals surface area (Å²) in [6.07, 6.45) is 1.63. The van der Waals surface area contributed by atoms with Crippen molar-refractivity contribution in [2.45, 2.75) is 30.1 Å². The van der Waals surface area contributed by atoms with Crippen LogP contribution in [0.4, 0.5) is 0 Å². The molecule has 36 heavy (non-hydrogen) atoms. The molecule has 2 amide bonds. The van der Waals surface area contributed by atoms with E-state index in [1.807, 2.05) is 18.2 Å². The summed E-state index contributed by atoms with van der Waals surface area (Å²) in [5, 5.41) is 5.55. The molecular weight excluding hydrogens is 486 g/mol. The van der Waals surface area contributed by atoms with Crippen molar-refractivity contribution in [1.82, 2.24) is 14.9 Å². The number of hydrogen-bond acceptors (Lipinski definition) is 7. The van der Waals surface area contributed by atoms with Gasteiger partial charge in [0.15, 0.2) is 11.5 Å². The molecule has 2 N–H and O–H groups in total. The molecule has 3 unspecified atom stereocenters. The standard InChI is InChI=1S/C25H27N3O7S/c1-2-23(29)27-24-12-18-13-28(14-22(18)35-24)36(31,32)19-6-4-17(5-7-19)25(30)26-10-9-16-3-8-20-21(11-16)34-15-33-20/h2-8,11,18,22,24H,1,9-10,12-15H2,(H,26,30)(H,27,29). The monoisotopic (exact) mass is 513 g/mol. The summed E-state index contributed by atoms with van der Waals surface area (Å²) in [5.74, 6) is 0.814. The lowest BCUT2D eigenvalue weighted by molar-refractivity contribution is -0.120. The van der Waals surface area contributed by atoms with Crippen LogP contribution in [0.1, 0.15) is 22.3 Å². The van der Waals surface area contributed by atoms with Crippen LogP contribution in [0.5, 0.6) is 11.5 Å². The first-order valence-electron chi connectivity index (χ1n) is 11.7. The maximum Gasteiger partial charge on any atom is 0.251 e. The van der Waals surface area contributed by atoms with Crippen molar-refractivity contribution >= 4 is 21.8 Å². The molecule has 3 heterocycles. The van der Waals surface area contributed by atoms with Crippen molar-refractivity contribution in [1.29, 1.82) is 0 Å². The first kappa shape index (κ1) is 24.3. The third kappa shape index (κ3) is 4.95. The van der Waals surface area contributed by atoms with Gasteiger partial charge in [0.2, 0.25) is 22.7 Å². The Morgan fingerprint density at radius 1 is 1.08 bits per heavy atom. The zero-order valence-electron chi connectivity index (χ0n) is 19.5. The average molecular weight is 514 g/mol. The number of nitrogens with zero attached hydrogens (tertiary/aromatic N) is 1. The van der Waals surface area contributed by atoms with E-state index in [9.17, 15) is 18.0 Å². The maximum absolute atomic E-state index is 13.1. The third-order valence-electron chi connectivity index (χ3n) is 6.58. The fraction of sp³-hybridized carbons (Fsp3) is 0.360. The van der Waals surface area contributed by atoms with Crippen LogP contribution in [0.3, 0.4) is 0 Å². The highest BCUT2D eigenvalue weighted by Gasteiger charge is 2.46. The molecule has 0 spiro atoms. The molecule has 0 aromatic heterocycles. The molecule has 11 heteroatoms. The van der Waals surface area contributed by atoms with E-state index in [-0.39, 0.29) is 42.1 Å². The molecule has 3 aliphatic rings. The number of fused-ring (bicyclic) bond motifs is 2. The Labute approximate surface area is 209 Å². The number of carbonyl (C=O) groups excluding carboxylic acids is 2. The summed E-state index contributed by atoms with van der Waals surface area (Å²) in [5.41, 5.74) is 1.39. The zero-order valence-corrected chi connectivity index (χ0v) is 20.3. The van der Waals surface area contributed by atoms with Crippen molar-refractivity contribution in [2.75, 3.05) is 26.4 Å². The van der Waals surface area contributed by atoms with Crippen molar-refractivity contribution < 1.29 is 32.2 Å². The van der Waals surface area contributed by atoms with Gasteiger partial charge in [0.25, 0.3) is 5.91 Å². The number of carbonyl (C=O) groups is 2. The first-order chi connectivity index (χ1) is 17.3. The fourth-order valence-corrected chi connectivity index (χ4v) is 6.19. The summed E-state index contributed by atoms with van der Waals surface area (Å²) in [6.45, 7) is 4.58. The Hall–Kier alpha value is -3.41. The second kappa shape index (κ2) is 9.92. The second-order valence-corrected chi connectivity index (χ2v) is 10.8. The smallest absolute Gasteiger partial charge is 0.251 e. The van der Waals surface area contributed by atoms with Gasteiger partial charge in [-0.05, 0) is 60.9 Å². The van der Waals surface area contributed by atoms with Crippen LogP contribution < -0.4 is 20.1 Å². The second-order valence-electron chi connectivity index (χ2n) is 8.91. The molecule has 190 valence electrons. The maximum atomic E-state index is 13.1. The van der Waals surface area contributed by atoms with Crippen molar-refractivity contribution in [2.24, 2.45) is 5.92 Å². The summed E-state index contributed by atoms with van der Waals surface area (Å²) in [6, 6.07) is 11.6. The van der Waals surface area contributed by atoms with Crippen LogP contribution in [0.2, 0.25) is 0 Å². The number of benzene rings is 2. The van der Waals surface area contributed by atoms with Gasteiger partial charge in [-0.1, -0.05) is 12.6 Å². The highest BCUT2D eigenvalue weighted by atomic mass is 32.2. The Bertz CT molecular complexity index is 1270. The van der Waals surface area contributed by atoms with E-state index in [4.69, 9.17) is 14.2 Å². The molecule has 2 saturated heterocycles. The van der Waals surface area contributed by atoms with E-state index in [1.54, 1.807) is 0 Å². The average Bonchev–Trinajstić information content (AvgIpc) is 3.59. The Kier molecular flexibility index (Phi) is 6.69. The van der Waals surface area contributed by atoms with Gasteiger partial charge in [-0.2, -0.15) is 4.31 Å². The summed E-state index contributed by atoms with van der Waals surface area (Å²) in [4.78, 5) is 24.1. The van der Waals surface area contributed by atoms with Crippen LogP contribution in [-0.4, -0.2) is 63.3 Å². The molecule has 2 fully saturated rings. The number of hydrogen-bond donors (Lipinski definition) is 2. The lowest BCUT2D eigenvalue weighted by Gasteiger charge is -2.19. The van der Waals surface area contributed by atoms with Gasteiger partial charge >= 0.3 is 0 Å². The van der Waals surface area contributed by atoms with Crippen molar-refractivity contribution in [3.63, 3.8) is 0 Å². The highest BCUT2D eigenvalue weighted by molar-refractivity contribution is 7.89. The van der Waals surface area contributed by atoms with Gasteiger partial charge in [0.05, 0.1) is 11.0 Å². The summed E-state index contributed by atoms with van der Waals surface area (Å²) < 4.78 is 44.1. The van der Waals surface area contributed by atoms with Gasteiger partial charge in [-0.3, -0.25) is 9.59 Å². The molecule has 0 saturated carbocycles. The molecule has 2 aromatic carbocycles. The first-order valence-corrected chi connectivity index (χ1v) is 13.1. The molecule has 10 nitrogen and oxygen atoms in total. The van der Waals surface area contributed by atoms with Gasteiger partial charge < -0.3 is 24.8 Å². The number of amides is 2. The van der Waals surface area contributed by atoms with Crippen molar-refractivity contribution in [3.8, 4) is 11.5 Å². The molecule has 2 aromatic rings. The Balaban J connectivity index is 1.13. The predicted molar refractivity (Wildman–Crippen MR) is 129 cm³/mol. The van der Waals surface area contributed by atoms with Gasteiger partial charge in [0.1, 0.15) is 6.23 Å². The molecule has 3 atom stereocenters. The number of ether oxygens (including phenoxy) is 3. The number of sulfonamides is 1. The molecule has 5 rings (SSSR count). The molecule has 0 radical (unpaired) electrons. The van der Waals surface area contributed by atoms with Crippen LogP contribution in [0, 0.1) is 5.92 Å². The Morgan fingerprint density at radius 2 is 1.86 bits per heavy atom. The van der Waals surface area contributed by atoms with E-state index in [1.165, 1.54) is 34.6 Å². The SMILES string of the molecule is C=CC(=O)NC1CC2CN(S(=O)(=O)c3ccc(C(=O)NCCc4ccc5c(c4)OCO5)cc3)CC2O1. The molecular formula is C25H27N3O7S. The summed E-state index contributed by atoms with van der Waals surface area (Å²) >= 11 is 0. The van der Waals surface area contributed by atoms with E-state index in [0.717, 1.165) is 5.56 Å². The minimum absolute atomic E-state index is 0.00435. The van der Waals surface area contributed by atoms with Crippen LogP contribution in [-0.2, 0) is 26.0 Å². The lowest BCUT2D eigenvalue weighted by atomic mass is 10.1. The molecule has 0 bridgehead atoms. The van der Waals surface area contributed by atoms with E-state index < -0.39 is 16.3 Å². The van der Waals surface area contributed by atoms with Crippen molar-refractivity contribution in [3.05, 3.63) is 66.2 Å². The van der Waals surface area contributed by atoms with Crippen LogP contribution in [0.25, 0.3) is 0 Å². The minimum atomic E-state index is -3.73. The minimum Gasteiger partial charge on any atom is -0.454 e. The fourth-order valence-electron chi connectivity index (χ4n) is 4.68. The number of nitrogens with one attached hydrogen (secondary N) is 2. The van der Waals surface area contributed by atoms with Gasteiger partial charge in [-0.25, -0.2) is 8.42 Å². The Morgan fingerprint density at radius 3 is 2.61 bits per heavy atom.